The average molecular weight is 344 g/mol. The lowest BCUT2D eigenvalue weighted by Crippen LogP contribution is -2.54. The summed E-state index contributed by atoms with van der Waals surface area (Å²) in [6.07, 6.45) is -2.13. The van der Waals surface area contributed by atoms with Gasteiger partial charge in [-0.15, -0.1) is 0 Å². The van der Waals surface area contributed by atoms with Crippen molar-refractivity contribution in [3.63, 3.8) is 0 Å². The van der Waals surface area contributed by atoms with Crippen LogP contribution in [0.1, 0.15) is 41.0 Å². The number of amides is 3. The number of carbonyl (C=O) groups is 4. The van der Waals surface area contributed by atoms with Crippen LogP contribution in [0.3, 0.4) is 0 Å². The molecule has 0 aromatic rings. The van der Waals surface area contributed by atoms with Crippen molar-refractivity contribution < 1.29 is 33.8 Å². The van der Waals surface area contributed by atoms with Gasteiger partial charge >= 0.3 is 18.2 Å². The minimum absolute atomic E-state index is 0.186. The number of ether oxygens (including phenoxy) is 2. The van der Waals surface area contributed by atoms with Gasteiger partial charge in [-0.3, -0.25) is 9.59 Å². The third-order valence-electron chi connectivity index (χ3n) is 3.21. The van der Waals surface area contributed by atoms with E-state index in [0.717, 1.165) is 4.90 Å². The zero-order valence-electron chi connectivity index (χ0n) is 14.5. The molecule has 1 fully saturated rings. The number of cyclic esters (lactones) is 1. The Balaban J connectivity index is 2.90. The number of carboxylic acids is 1. The van der Waals surface area contributed by atoms with Gasteiger partial charge in [-0.05, 0) is 26.7 Å². The fourth-order valence-electron chi connectivity index (χ4n) is 2.18. The SMILES string of the molecule is CC(C)[C@H](NC(=O)OC(C)(C)C)C(=O)N1C(=O)OC[C@@H]1CC(=O)O. The number of carbonyl (C=O) groups excluding carboxylic acids is 3. The van der Waals surface area contributed by atoms with Crippen molar-refractivity contribution in [2.45, 2.75) is 58.7 Å². The lowest BCUT2D eigenvalue weighted by molar-refractivity contribution is -0.139. The summed E-state index contributed by atoms with van der Waals surface area (Å²) in [5.74, 6) is -2.22. The van der Waals surface area contributed by atoms with Crippen molar-refractivity contribution in [2.75, 3.05) is 6.61 Å². The van der Waals surface area contributed by atoms with Crippen LogP contribution in [-0.4, -0.2) is 58.4 Å². The van der Waals surface area contributed by atoms with Gasteiger partial charge in [0.05, 0.1) is 12.5 Å². The van der Waals surface area contributed by atoms with E-state index in [1.165, 1.54) is 0 Å². The standard InChI is InChI=1S/C15H24N2O7/c1-8(2)11(16-13(21)24-15(3,4)5)12(20)17-9(6-10(18)19)7-23-14(17)22/h8-9,11H,6-7H2,1-5H3,(H,16,21)(H,18,19)/t9-,11-/m0/s1. The monoisotopic (exact) mass is 344 g/mol. The molecule has 136 valence electrons. The number of hydrogen-bond acceptors (Lipinski definition) is 6. The zero-order valence-corrected chi connectivity index (χ0v) is 14.5. The van der Waals surface area contributed by atoms with Crippen molar-refractivity contribution in [1.82, 2.24) is 10.2 Å². The van der Waals surface area contributed by atoms with Gasteiger partial charge in [0.1, 0.15) is 18.2 Å². The van der Waals surface area contributed by atoms with Gasteiger partial charge in [-0.25, -0.2) is 14.5 Å². The number of hydrogen-bond donors (Lipinski definition) is 2. The van der Waals surface area contributed by atoms with Crippen molar-refractivity contribution in [3.8, 4) is 0 Å². The van der Waals surface area contributed by atoms with E-state index in [1.54, 1.807) is 34.6 Å². The van der Waals surface area contributed by atoms with Crippen LogP contribution in [0.5, 0.6) is 0 Å². The maximum Gasteiger partial charge on any atom is 0.417 e. The molecular formula is C15H24N2O7. The van der Waals surface area contributed by atoms with E-state index in [0.29, 0.717) is 0 Å². The molecule has 1 heterocycles. The molecule has 0 radical (unpaired) electrons. The third-order valence-corrected chi connectivity index (χ3v) is 3.21. The lowest BCUT2D eigenvalue weighted by atomic mass is 10.0. The number of alkyl carbamates (subject to hydrolysis) is 1. The highest BCUT2D eigenvalue weighted by molar-refractivity contribution is 5.98. The molecule has 0 aliphatic carbocycles. The molecule has 1 rings (SSSR count). The Morgan fingerprint density at radius 3 is 2.42 bits per heavy atom. The van der Waals surface area contributed by atoms with Crippen molar-refractivity contribution in [1.29, 1.82) is 0 Å². The summed E-state index contributed by atoms with van der Waals surface area (Å²) >= 11 is 0. The van der Waals surface area contributed by atoms with Crippen molar-refractivity contribution in [2.24, 2.45) is 5.92 Å². The highest BCUT2D eigenvalue weighted by Crippen LogP contribution is 2.19. The van der Waals surface area contributed by atoms with E-state index >= 15 is 0 Å². The van der Waals surface area contributed by atoms with E-state index in [4.69, 9.17) is 14.6 Å². The number of nitrogens with one attached hydrogen (secondary N) is 1. The first-order chi connectivity index (χ1) is 10.9. The molecule has 0 unspecified atom stereocenters. The second-order valence-corrected chi connectivity index (χ2v) is 6.90. The molecule has 1 saturated heterocycles. The molecule has 24 heavy (non-hydrogen) atoms. The van der Waals surface area contributed by atoms with Gasteiger partial charge in [0, 0.05) is 0 Å². The molecule has 1 aliphatic rings. The quantitative estimate of drug-likeness (QED) is 0.772. The van der Waals surface area contributed by atoms with Crippen LogP contribution >= 0.6 is 0 Å². The van der Waals surface area contributed by atoms with Crippen LogP contribution in [0.25, 0.3) is 0 Å². The summed E-state index contributed by atoms with van der Waals surface area (Å²) in [4.78, 5) is 48.0. The number of nitrogens with zero attached hydrogens (tertiary/aromatic N) is 1. The number of carboxylic acid groups (broad SMARTS) is 1. The van der Waals surface area contributed by atoms with Crippen LogP contribution in [-0.2, 0) is 19.1 Å². The lowest BCUT2D eigenvalue weighted by Gasteiger charge is -2.28. The Morgan fingerprint density at radius 1 is 1.38 bits per heavy atom. The molecule has 0 spiro atoms. The van der Waals surface area contributed by atoms with Gasteiger partial charge in [0.15, 0.2) is 0 Å². The Labute approximate surface area is 140 Å². The van der Waals surface area contributed by atoms with Crippen LogP contribution in [0, 0.1) is 5.92 Å². The van der Waals surface area contributed by atoms with Gasteiger partial charge in [-0.1, -0.05) is 13.8 Å². The Morgan fingerprint density at radius 2 is 1.96 bits per heavy atom. The van der Waals surface area contributed by atoms with Crippen LogP contribution in [0.4, 0.5) is 9.59 Å². The molecule has 2 N–H and O–H groups in total. The van der Waals surface area contributed by atoms with Crippen molar-refractivity contribution >= 4 is 24.1 Å². The highest BCUT2D eigenvalue weighted by Gasteiger charge is 2.43. The summed E-state index contributed by atoms with van der Waals surface area (Å²) in [7, 11) is 0. The Kier molecular flexibility index (Phi) is 6.16. The van der Waals surface area contributed by atoms with Gasteiger partial charge in [-0.2, -0.15) is 0 Å². The number of imide groups is 1. The summed E-state index contributed by atoms with van der Waals surface area (Å²) in [5, 5.41) is 11.3. The summed E-state index contributed by atoms with van der Waals surface area (Å²) in [5.41, 5.74) is -0.743. The molecule has 0 saturated carbocycles. The number of rotatable bonds is 5. The fraction of sp³-hybridized carbons (Fsp3) is 0.733. The highest BCUT2D eigenvalue weighted by atomic mass is 16.6. The van der Waals surface area contributed by atoms with Crippen LogP contribution < -0.4 is 5.32 Å². The first kappa shape index (κ1) is 19.7. The Bertz CT molecular complexity index is 524. The molecule has 0 aromatic heterocycles. The van der Waals surface area contributed by atoms with Gasteiger partial charge in [0.25, 0.3) is 5.91 Å². The predicted octanol–water partition coefficient (Wildman–Crippen LogP) is 1.36. The van der Waals surface area contributed by atoms with E-state index in [2.05, 4.69) is 5.32 Å². The minimum Gasteiger partial charge on any atom is -0.481 e. The normalized spacial score (nSPS) is 19.0. The van der Waals surface area contributed by atoms with Crippen LogP contribution in [0.15, 0.2) is 0 Å². The Hall–Kier alpha value is -2.32. The van der Waals surface area contributed by atoms with Crippen molar-refractivity contribution in [3.05, 3.63) is 0 Å². The maximum absolute atomic E-state index is 12.7. The molecule has 9 nitrogen and oxygen atoms in total. The van der Waals surface area contributed by atoms with Gasteiger partial charge < -0.3 is 19.9 Å². The molecule has 1 aliphatic heterocycles. The molecule has 0 aromatic carbocycles. The maximum atomic E-state index is 12.7. The van der Waals surface area contributed by atoms with Crippen LogP contribution in [0.2, 0.25) is 0 Å². The molecule has 0 bridgehead atoms. The summed E-state index contributed by atoms with van der Waals surface area (Å²) < 4.78 is 9.89. The largest absolute Gasteiger partial charge is 0.481 e. The second-order valence-electron chi connectivity index (χ2n) is 6.90. The molecule has 2 atom stereocenters. The minimum atomic E-state index is -1.16. The zero-order chi connectivity index (χ0) is 18.7. The number of aliphatic carboxylic acids is 1. The fourth-order valence-corrected chi connectivity index (χ4v) is 2.18. The summed E-state index contributed by atoms with van der Waals surface area (Å²) in [6.45, 7) is 8.23. The predicted molar refractivity (Wildman–Crippen MR) is 82.2 cm³/mol. The molecule has 3 amide bonds. The first-order valence-corrected chi connectivity index (χ1v) is 7.63. The average Bonchev–Trinajstić information content (AvgIpc) is 2.73. The van der Waals surface area contributed by atoms with E-state index < -0.39 is 48.2 Å². The van der Waals surface area contributed by atoms with E-state index in [1.807, 2.05) is 0 Å². The van der Waals surface area contributed by atoms with Gasteiger partial charge in [0.2, 0.25) is 0 Å². The first-order valence-electron chi connectivity index (χ1n) is 7.63. The summed E-state index contributed by atoms with van der Waals surface area (Å²) in [6, 6.07) is -1.94. The topological polar surface area (TPSA) is 122 Å². The van der Waals surface area contributed by atoms with E-state index in [-0.39, 0.29) is 12.5 Å². The molecular weight excluding hydrogens is 320 g/mol. The molecule has 9 heteroatoms. The van der Waals surface area contributed by atoms with E-state index in [9.17, 15) is 19.2 Å². The smallest absolute Gasteiger partial charge is 0.417 e. The second kappa shape index (κ2) is 7.50. The third kappa shape index (κ3) is 5.39.